The maximum Gasteiger partial charge on any atom is 0.244 e. The number of hydrogen-bond donors (Lipinski definition) is 3. The van der Waals surface area contributed by atoms with E-state index in [1.807, 2.05) is 24.3 Å². The number of benzene rings is 2. The number of aromatic nitrogens is 2. The van der Waals surface area contributed by atoms with Crippen LogP contribution in [-0.2, 0) is 4.79 Å². The number of rotatable bonds is 9. The Morgan fingerprint density at radius 2 is 1.66 bits per heavy atom. The summed E-state index contributed by atoms with van der Waals surface area (Å²) in [4.78, 5) is 20.6. The Labute approximate surface area is 195 Å². The number of nitrogens with zero attached hydrogens (tertiary/aromatic N) is 2. The molecule has 11 heteroatoms. The van der Waals surface area contributed by atoms with Crippen molar-refractivity contribution in [2.45, 2.75) is 0 Å². The Bertz CT molecular complexity index is 1100. The van der Waals surface area contributed by atoms with Crippen LogP contribution in [0.5, 0.6) is 17.2 Å². The van der Waals surface area contributed by atoms with Crippen LogP contribution in [0, 0.1) is 0 Å². The average Bonchev–Trinajstić information content (AvgIpc) is 2.80. The van der Waals surface area contributed by atoms with E-state index >= 15 is 0 Å². The molecule has 1 amide bonds. The molecule has 0 spiro atoms. The van der Waals surface area contributed by atoms with Gasteiger partial charge < -0.3 is 30.2 Å². The van der Waals surface area contributed by atoms with Gasteiger partial charge in [-0.1, -0.05) is 23.2 Å². The number of carbonyl (C=O) groups excluding carboxylic acids is 1. The first-order valence-corrected chi connectivity index (χ1v) is 10.1. The second kappa shape index (κ2) is 10.7. The molecule has 168 valence electrons. The third kappa shape index (κ3) is 5.63. The Balaban J connectivity index is 1.63. The summed E-state index contributed by atoms with van der Waals surface area (Å²) in [7, 11) is 4.51. The maximum absolute atomic E-state index is 12.4. The molecule has 9 nitrogen and oxygen atoms in total. The van der Waals surface area contributed by atoms with E-state index in [1.54, 1.807) is 19.2 Å². The number of amides is 1. The van der Waals surface area contributed by atoms with E-state index in [9.17, 15) is 4.79 Å². The summed E-state index contributed by atoms with van der Waals surface area (Å²) in [5.74, 6) is 1.86. The molecule has 0 radical (unpaired) electrons. The third-order valence-corrected chi connectivity index (χ3v) is 5.02. The van der Waals surface area contributed by atoms with Gasteiger partial charge >= 0.3 is 0 Å². The van der Waals surface area contributed by atoms with E-state index in [4.69, 9.17) is 37.4 Å². The van der Waals surface area contributed by atoms with Crippen molar-refractivity contribution in [1.29, 1.82) is 0 Å². The van der Waals surface area contributed by atoms with Crippen molar-refractivity contribution >= 4 is 52.1 Å². The van der Waals surface area contributed by atoms with Crippen LogP contribution in [0.4, 0.5) is 23.0 Å². The topological polar surface area (TPSA) is 107 Å². The minimum atomic E-state index is -0.344. The van der Waals surface area contributed by atoms with Crippen LogP contribution < -0.4 is 30.2 Å². The summed E-state index contributed by atoms with van der Waals surface area (Å²) >= 11 is 12.5. The fourth-order valence-corrected chi connectivity index (χ4v) is 3.37. The van der Waals surface area contributed by atoms with Gasteiger partial charge in [0.05, 0.1) is 33.6 Å². The Morgan fingerprint density at radius 3 is 2.31 bits per heavy atom. The highest BCUT2D eigenvalue weighted by molar-refractivity contribution is 6.39. The van der Waals surface area contributed by atoms with Crippen LogP contribution in [0.3, 0.4) is 0 Å². The van der Waals surface area contributed by atoms with Crippen molar-refractivity contribution in [2.75, 3.05) is 43.8 Å². The minimum absolute atomic E-state index is 0.0844. The van der Waals surface area contributed by atoms with E-state index in [0.29, 0.717) is 23.1 Å². The molecule has 1 heterocycles. The van der Waals surface area contributed by atoms with E-state index in [-0.39, 0.29) is 28.2 Å². The second-order valence-electron chi connectivity index (χ2n) is 6.33. The van der Waals surface area contributed by atoms with E-state index in [0.717, 1.165) is 11.4 Å². The van der Waals surface area contributed by atoms with Gasteiger partial charge in [0.2, 0.25) is 5.91 Å². The summed E-state index contributed by atoms with van der Waals surface area (Å²) in [6.45, 7) is -0.0844. The lowest BCUT2D eigenvalue weighted by Gasteiger charge is -2.15. The van der Waals surface area contributed by atoms with Gasteiger partial charge in [0.25, 0.3) is 0 Å². The normalized spacial score (nSPS) is 10.3. The summed E-state index contributed by atoms with van der Waals surface area (Å²) < 4.78 is 15.6. The van der Waals surface area contributed by atoms with Crippen molar-refractivity contribution in [3.8, 4) is 17.2 Å². The van der Waals surface area contributed by atoms with Crippen LogP contribution in [0.15, 0.2) is 42.7 Å². The van der Waals surface area contributed by atoms with Gasteiger partial charge in [-0.3, -0.25) is 4.79 Å². The molecular weight excluding hydrogens is 457 g/mol. The molecular formula is C21H21Cl2N5O4. The molecule has 0 aliphatic rings. The summed E-state index contributed by atoms with van der Waals surface area (Å²) in [6.07, 6.45) is 1.35. The number of hydrogen-bond acceptors (Lipinski definition) is 8. The van der Waals surface area contributed by atoms with Gasteiger partial charge in [-0.25, -0.2) is 9.97 Å². The molecule has 0 fully saturated rings. The van der Waals surface area contributed by atoms with Crippen molar-refractivity contribution in [3.63, 3.8) is 0 Å². The number of methoxy groups -OCH3 is 3. The second-order valence-corrected chi connectivity index (χ2v) is 7.09. The molecule has 0 aliphatic carbocycles. The van der Waals surface area contributed by atoms with Gasteiger partial charge in [-0.15, -0.1) is 0 Å². The fourth-order valence-electron chi connectivity index (χ4n) is 2.72. The number of anilines is 4. The quantitative estimate of drug-likeness (QED) is 0.410. The first-order valence-electron chi connectivity index (χ1n) is 9.32. The largest absolute Gasteiger partial charge is 0.497 e. The standard InChI is InChI=1S/C21H21Cl2N5O4/c1-30-13-6-4-12(5-7-13)27-16-9-17(26-11-25-16)28-18(29)10-24-14-8-15(31-2)20(23)21(32-3)19(14)22/h4-9,11,24H,10H2,1-3H3,(H2,25,26,27,28,29). The average molecular weight is 478 g/mol. The van der Waals surface area contributed by atoms with Crippen LogP contribution in [0.1, 0.15) is 0 Å². The van der Waals surface area contributed by atoms with Crippen molar-refractivity contribution in [1.82, 2.24) is 9.97 Å². The third-order valence-electron chi connectivity index (χ3n) is 4.29. The molecule has 2 aromatic carbocycles. The monoisotopic (exact) mass is 477 g/mol. The maximum atomic E-state index is 12.4. The molecule has 0 bridgehead atoms. The van der Waals surface area contributed by atoms with Crippen LogP contribution in [0.2, 0.25) is 10.0 Å². The zero-order valence-electron chi connectivity index (χ0n) is 17.5. The Kier molecular flexibility index (Phi) is 7.80. The predicted octanol–water partition coefficient (Wildman–Crippen LogP) is 4.60. The summed E-state index contributed by atoms with van der Waals surface area (Å²) in [6, 6.07) is 10.5. The molecule has 0 saturated carbocycles. The van der Waals surface area contributed by atoms with E-state index < -0.39 is 0 Å². The molecule has 0 aliphatic heterocycles. The number of carbonyl (C=O) groups is 1. The highest BCUT2D eigenvalue weighted by Crippen LogP contribution is 2.44. The lowest BCUT2D eigenvalue weighted by molar-refractivity contribution is -0.114. The SMILES string of the molecule is COc1ccc(Nc2cc(NC(=O)CNc3cc(OC)c(Cl)c(OC)c3Cl)ncn2)cc1. The molecule has 1 aromatic heterocycles. The highest BCUT2D eigenvalue weighted by atomic mass is 35.5. The fraction of sp³-hybridized carbons (Fsp3) is 0.190. The number of nitrogens with one attached hydrogen (secondary N) is 3. The Hall–Kier alpha value is -3.43. The van der Waals surface area contributed by atoms with Gasteiger partial charge in [0.15, 0.2) is 5.75 Å². The zero-order valence-corrected chi connectivity index (χ0v) is 19.0. The molecule has 3 aromatic rings. The van der Waals surface area contributed by atoms with E-state index in [2.05, 4.69) is 25.9 Å². The van der Waals surface area contributed by atoms with Crippen LogP contribution in [-0.4, -0.2) is 43.7 Å². The van der Waals surface area contributed by atoms with Gasteiger partial charge in [-0.05, 0) is 24.3 Å². The van der Waals surface area contributed by atoms with Crippen molar-refractivity contribution in [3.05, 3.63) is 52.8 Å². The summed E-state index contributed by atoms with van der Waals surface area (Å²) in [5.41, 5.74) is 1.24. The van der Waals surface area contributed by atoms with E-state index in [1.165, 1.54) is 20.5 Å². The minimum Gasteiger partial charge on any atom is -0.497 e. The molecule has 32 heavy (non-hydrogen) atoms. The first-order chi connectivity index (χ1) is 15.4. The van der Waals surface area contributed by atoms with Crippen molar-refractivity contribution < 1.29 is 19.0 Å². The van der Waals surface area contributed by atoms with Crippen molar-refractivity contribution in [2.24, 2.45) is 0 Å². The first kappa shape index (κ1) is 23.2. The Morgan fingerprint density at radius 1 is 0.938 bits per heavy atom. The lowest BCUT2D eigenvalue weighted by Crippen LogP contribution is -2.22. The van der Waals surface area contributed by atoms with Gasteiger partial charge in [-0.2, -0.15) is 0 Å². The van der Waals surface area contributed by atoms with Crippen LogP contribution in [0.25, 0.3) is 0 Å². The smallest absolute Gasteiger partial charge is 0.244 e. The van der Waals surface area contributed by atoms with Crippen LogP contribution >= 0.6 is 23.2 Å². The predicted molar refractivity (Wildman–Crippen MR) is 125 cm³/mol. The van der Waals surface area contributed by atoms with Gasteiger partial charge in [0, 0.05) is 17.8 Å². The zero-order chi connectivity index (χ0) is 23.1. The molecule has 3 N–H and O–H groups in total. The number of halogens is 2. The molecule has 0 saturated heterocycles. The molecule has 0 atom stereocenters. The molecule has 3 rings (SSSR count). The highest BCUT2D eigenvalue weighted by Gasteiger charge is 2.17. The number of ether oxygens (including phenoxy) is 3. The lowest BCUT2D eigenvalue weighted by atomic mass is 10.2. The molecule has 0 unspecified atom stereocenters. The summed E-state index contributed by atoms with van der Waals surface area (Å²) in [5, 5.41) is 9.25. The van der Waals surface area contributed by atoms with Gasteiger partial charge in [0.1, 0.15) is 39.5 Å².